The monoisotopic (exact) mass is 482 g/mol. The van der Waals surface area contributed by atoms with Gasteiger partial charge in [0, 0.05) is 18.2 Å². The molecule has 0 radical (unpaired) electrons. The number of hydrogen-bond acceptors (Lipinski definition) is 5. The smallest absolute Gasteiger partial charge is 0.245 e. The molecule has 2 N–H and O–H groups in total. The van der Waals surface area contributed by atoms with Crippen LogP contribution in [-0.4, -0.2) is 46.2 Å². The van der Waals surface area contributed by atoms with E-state index >= 15 is 0 Å². The van der Waals surface area contributed by atoms with Crippen LogP contribution in [0.3, 0.4) is 0 Å². The van der Waals surface area contributed by atoms with Crippen LogP contribution in [0.4, 0.5) is 0 Å². The second kappa shape index (κ2) is 12.8. The minimum atomic E-state index is -4.09. The summed E-state index contributed by atoms with van der Waals surface area (Å²) in [4.78, 5) is 12.8. The molecule has 32 heavy (non-hydrogen) atoms. The summed E-state index contributed by atoms with van der Waals surface area (Å²) in [6, 6.07) is 12.6. The Kier molecular flexibility index (Phi) is 10.4. The van der Waals surface area contributed by atoms with Gasteiger partial charge in [0.25, 0.3) is 0 Å². The molecule has 0 saturated carbocycles. The highest BCUT2D eigenvalue weighted by Gasteiger charge is 2.28. The van der Waals surface area contributed by atoms with Crippen molar-refractivity contribution in [2.75, 3.05) is 19.8 Å². The minimum absolute atomic E-state index is 0.108. The van der Waals surface area contributed by atoms with Crippen molar-refractivity contribution in [3.63, 3.8) is 0 Å². The Bertz CT molecular complexity index is 968. The Morgan fingerprint density at radius 1 is 1.12 bits per heavy atom. The maximum absolute atomic E-state index is 13.2. The molecule has 0 heterocycles. The Labute approximate surface area is 195 Å². The van der Waals surface area contributed by atoms with Gasteiger partial charge in [-0.25, -0.2) is 8.42 Å². The van der Waals surface area contributed by atoms with E-state index in [0.29, 0.717) is 19.6 Å². The molecule has 0 aliphatic carbocycles. The summed E-state index contributed by atoms with van der Waals surface area (Å²) < 4.78 is 39.8. The van der Waals surface area contributed by atoms with Gasteiger partial charge in [0.1, 0.15) is 16.7 Å². The highest BCUT2D eigenvalue weighted by Crippen LogP contribution is 2.27. The van der Waals surface area contributed by atoms with Gasteiger partial charge < -0.3 is 14.8 Å². The number of nitrogens with one attached hydrogen (secondary N) is 2. The van der Waals surface area contributed by atoms with E-state index in [1.54, 1.807) is 13.0 Å². The molecule has 2 aromatic rings. The Morgan fingerprint density at radius 2 is 1.84 bits per heavy atom. The molecule has 2 rings (SSSR count). The van der Waals surface area contributed by atoms with Crippen LogP contribution < -0.4 is 14.8 Å². The normalized spacial score (nSPS) is 12.5. The lowest BCUT2D eigenvalue weighted by atomic mass is 10.1. The quantitative estimate of drug-likeness (QED) is 0.426. The maximum atomic E-state index is 13.2. The van der Waals surface area contributed by atoms with Gasteiger partial charge in [-0.1, -0.05) is 41.9 Å². The fourth-order valence-corrected chi connectivity index (χ4v) is 4.58. The second-order valence-corrected chi connectivity index (χ2v) is 9.57. The molecule has 0 saturated heterocycles. The molecule has 0 aliphatic rings. The van der Waals surface area contributed by atoms with E-state index in [2.05, 4.69) is 10.0 Å². The number of carbonyl (C=O) groups is 1. The van der Waals surface area contributed by atoms with Crippen LogP contribution in [0.15, 0.2) is 53.4 Å². The van der Waals surface area contributed by atoms with Crippen LogP contribution in [0.1, 0.15) is 32.8 Å². The third kappa shape index (κ3) is 8.43. The molecule has 176 valence electrons. The number of halogens is 1. The van der Waals surface area contributed by atoms with Crippen LogP contribution in [-0.2, 0) is 26.0 Å². The van der Waals surface area contributed by atoms with Gasteiger partial charge in [0.15, 0.2) is 0 Å². The number of amides is 1. The van der Waals surface area contributed by atoms with Crippen molar-refractivity contribution in [2.45, 2.75) is 50.7 Å². The minimum Gasteiger partial charge on any atom is -0.492 e. The number of hydrogen-bond donors (Lipinski definition) is 2. The van der Waals surface area contributed by atoms with Gasteiger partial charge in [0.2, 0.25) is 15.9 Å². The van der Waals surface area contributed by atoms with Crippen LogP contribution in [0.25, 0.3) is 0 Å². The number of benzene rings is 2. The molecule has 0 bridgehead atoms. The first-order chi connectivity index (χ1) is 15.2. The molecule has 7 nitrogen and oxygen atoms in total. The average molecular weight is 483 g/mol. The van der Waals surface area contributed by atoms with Gasteiger partial charge in [0.05, 0.1) is 12.7 Å². The fourth-order valence-electron chi connectivity index (χ4n) is 2.98. The third-order valence-electron chi connectivity index (χ3n) is 4.46. The van der Waals surface area contributed by atoms with Gasteiger partial charge in [-0.3, -0.25) is 4.79 Å². The summed E-state index contributed by atoms with van der Waals surface area (Å²) >= 11 is 6.03. The lowest BCUT2D eigenvalue weighted by Gasteiger charge is -2.20. The standard InChI is InChI=1S/C23H31ClN2O5S/c1-4-30-21-12-11-19(24)16-22(21)32(28,29)26-20(15-18-9-6-5-7-10-18)23(27)25-13-8-14-31-17(2)3/h5-7,9-12,16-17,20,26H,4,8,13-15H2,1-3H3,(H,25,27). The lowest BCUT2D eigenvalue weighted by Crippen LogP contribution is -2.48. The fraction of sp³-hybridized carbons (Fsp3) is 0.435. The molecule has 1 atom stereocenters. The summed E-state index contributed by atoms with van der Waals surface area (Å²) in [5.74, 6) is -0.240. The SMILES string of the molecule is CCOc1ccc(Cl)cc1S(=O)(=O)NC(Cc1ccccc1)C(=O)NCCCOC(C)C. The van der Waals surface area contributed by atoms with Crippen molar-refractivity contribution in [1.82, 2.24) is 10.0 Å². The van der Waals surface area contributed by atoms with Gasteiger partial charge in [-0.2, -0.15) is 4.72 Å². The third-order valence-corrected chi connectivity index (χ3v) is 6.19. The molecule has 0 spiro atoms. The van der Waals surface area contributed by atoms with Gasteiger partial charge in [-0.05, 0) is 57.4 Å². The summed E-state index contributed by atoms with van der Waals surface area (Å²) in [5, 5.41) is 3.05. The molecule has 0 aromatic heterocycles. The molecule has 1 amide bonds. The molecule has 2 aromatic carbocycles. The summed E-state index contributed by atoms with van der Waals surface area (Å²) in [6.07, 6.45) is 0.928. The van der Waals surface area contributed by atoms with Crippen molar-refractivity contribution in [1.29, 1.82) is 0 Å². The number of rotatable bonds is 13. The average Bonchev–Trinajstić information content (AvgIpc) is 2.74. The van der Waals surface area contributed by atoms with E-state index in [1.807, 2.05) is 44.2 Å². The molecular weight excluding hydrogens is 452 g/mol. The zero-order chi connectivity index (χ0) is 23.6. The second-order valence-electron chi connectivity index (χ2n) is 7.45. The predicted octanol–water partition coefficient (Wildman–Crippen LogP) is 3.56. The highest BCUT2D eigenvalue weighted by molar-refractivity contribution is 7.89. The van der Waals surface area contributed by atoms with E-state index in [1.165, 1.54) is 12.1 Å². The van der Waals surface area contributed by atoms with Crippen LogP contribution in [0.5, 0.6) is 5.75 Å². The Morgan fingerprint density at radius 3 is 2.50 bits per heavy atom. The molecule has 0 fully saturated rings. The number of sulfonamides is 1. The topological polar surface area (TPSA) is 93.7 Å². The van der Waals surface area contributed by atoms with E-state index in [-0.39, 0.29) is 34.8 Å². The van der Waals surface area contributed by atoms with E-state index in [0.717, 1.165) is 5.56 Å². The van der Waals surface area contributed by atoms with Crippen molar-refractivity contribution < 1.29 is 22.7 Å². The number of carbonyl (C=O) groups excluding carboxylic acids is 1. The first-order valence-corrected chi connectivity index (χ1v) is 12.5. The Balaban J connectivity index is 2.20. The van der Waals surface area contributed by atoms with Gasteiger partial charge in [-0.15, -0.1) is 0 Å². The lowest BCUT2D eigenvalue weighted by molar-refractivity contribution is -0.122. The van der Waals surface area contributed by atoms with E-state index in [4.69, 9.17) is 21.1 Å². The first-order valence-electron chi connectivity index (χ1n) is 10.6. The summed E-state index contributed by atoms with van der Waals surface area (Å²) in [6.45, 7) is 6.81. The zero-order valence-electron chi connectivity index (χ0n) is 18.6. The van der Waals surface area contributed by atoms with Crippen molar-refractivity contribution in [3.05, 3.63) is 59.1 Å². The molecular formula is C23H31ClN2O5S. The molecule has 9 heteroatoms. The van der Waals surface area contributed by atoms with Crippen LogP contribution in [0, 0.1) is 0 Å². The van der Waals surface area contributed by atoms with Crippen molar-refractivity contribution >= 4 is 27.5 Å². The van der Waals surface area contributed by atoms with Gasteiger partial charge >= 0.3 is 0 Å². The summed E-state index contributed by atoms with van der Waals surface area (Å²) in [5.41, 5.74) is 0.828. The van der Waals surface area contributed by atoms with E-state index < -0.39 is 22.0 Å². The number of ether oxygens (including phenoxy) is 2. The maximum Gasteiger partial charge on any atom is 0.245 e. The zero-order valence-corrected chi connectivity index (χ0v) is 20.2. The van der Waals surface area contributed by atoms with E-state index in [9.17, 15) is 13.2 Å². The molecule has 0 aliphatic heterocycles. The van der Waals surface area contributed by atoms with Crippen LogP contribution in [0.2, 0.25) is 5.02 Å². The summed E-state index contributed by atoms with van der Waals surface area (Å²) in [7, 11) is -4.09. The largest absolute Gasteiger partial charge is 0.492 e. The van der Waals surface area contributed by atoms with Crippen LogP contribution >= 0.6 is 11.6 Å². The van der Waals surface area contributed by atoms with Crippen molar-refractivity contribution in [3.8, 4) is 5.75 Å². The molecule has 1 unspecified atom stereocenters. The first kappa shape index (κ1) is 26.1. The Hall–Kier alpha value is -2.13. The predicted molar refractivity (Wildman–Crippen MR) is 126 cm³/mol. The van der Waals surface area contributed by atoms with Crippen molar-refractivity contribution in [2.24, 2.45) is 0 Å². The highest BCUT2D eigenvalue weighted by atomic mass is 35.5.